The number of rotatable bonds is 10. The smallest absolute Gasteiger partial charge is 0.358 e. The van der Waals surface area contributed by atoms with Crippen molar-refractivity contribution in [3.05, 3.63) is 65.2 Å². The number of halogens is 1. The third kappa shape index (κ3) is 7.33. The molecule has 39 heavy (non-hydrogen) atoms. The molecule has 210 valence electrons. The molecule has 0 radical (unpaired) electrons. The van der Waals surface area contributed by atoms with Gasteiger partial charge in [0, 0.05) is 19.0 Å². The summed E-state index contributed by atoms with van der Waals surface area (Å²) in [4.78, 5) is 41.3. The van der Waals surface area contributed by atoms with Crippen molar-refractivity contribution in [2.75, 3.05) is 13.6 Å². The van der Waals surface area contributed by atoms with Crippen LogP contribution in [-0.4, -0.2) is 68.8 Å². The molecule has 1 heterocycles. The summed E-state index contributed by atoms with van der Waals surface area (Å²) in [5, 5.41) is 8.73. The fourth-order valence-electron chi connectivity index (χ4n) is 5.12. The maximum absolute atomic E-state index is 13.7. The first-order valence-corrected chi connectivity index (χ1v) is 14.2. The van der Waals surface area contributed by atoms with Crippen molar-refractivity contribution >= 4 is 28.2 Å². The Balaban J connectivity index is 1.46. The van der Waals surface area contributed by atoms with Crippen molar-refractivity contribution in [2.24, 2.45) is 0 Å². The van der Waals surface area contributed by atoms with E-state index in [1.807, 2.05) is 12.1 Å². The van der Waals surface area contributed by atoms with Crippen LogP contribution in [0.3, 0.4) is 0 Å². The van der Waals surface area contributed by atoms with Gasteiger partial charge < -0.3 is 25.0 Å². The van der Waals surface area contributed by atoms with Gasteiger partial charge in [-0.2, -0.15) is 8.42 Å². The number of amides is 3. The van der Waals surface area contributed by atoms with E-state index in [-0.39, 0.29) is 35.9 Å². The van der Waals surface area contributed by atoms with E-state index in [4.69, 9.17) is 0 Å². The van der Waals surface area contributed by atoms with Crippen LogP contribution in [0.5, 0.6) is 5.75 Å². The van der Waals surface area contributed by atoms with Gasteiger partial charge >= 0.3 is 10.5 Å². The van der Waals surface area contributed by atoms with Crippen molar-refractivity contribution in [2.45, 2.75) is 63.2 Å². The van der Waals surface area contributed by atoms with Crippen LogP contribution in [0.25, 0.3) is 0 Å². The summed E-state index contributed by atoms with van der Waals surface area (Å²) in [5.74, 6) is -1.20. The first kappa shape index (κ1) is 28.5. The molecule has 3 N–H and O–H groups in total. The van der Waals surface area contributed by atoms with Crippen molar-refractivity contribution in [1.82, 2.24) is 20.9 Å². The topological polar surface area (TPSA) is 134 Å². The maximum atomic E-state index is 13.7. The molecule has 0 spiro atoms. The van der Waals surface area contributed by atoms with Gasteiger partial charge in [0.25, 0.3) is 0 Å². The lowest BCUT2D eigenvalue weighted by atomic mass is 10.0. The fraction of sp³-hybridized carbons (Fsp3) is 0.444. The zero-order chi connectivity index (χ0) is 28.2. The van der Waals surface area contributed by atoms with Crippen molar-refractivity contribution in [3.63, 3.8) is 0 Å². The number of likely N-dealkylation sites (N-methyl/N-ethyl adjacent to an activating group) is 1. The molecule has 0 unspecified atom stereocenters. The van der Waals surface area contributed by atoms with Crippen LogP contribution in [0.15, 0.2) is 48.5 Å². The summed E-state index contributed by atoms with van der Waals surface area (Å²) in [5.41, 5.74) is 3.01. The average Bonchev–Trinajstić information content (AvgIpc) is 3.54. The molecule has 3 atom stereocenters. The number of likely N-dealkylation sites (tertiary alicyclic amines) is 1. The Hall–Kier alpha value is -3.51. The number of carbonyl (C=O) groups is 3. The highest BCUT2D eigenvalue weighted by Gasteiger charge is 2.39. The summed E-state index contributed by atoms with van der Waals surface area (Å²) in [7, 11) is -3.54. The fourth-order valence-corrected chi connectivity index (χ4v) is 5.46. The molecule has 2 aromatic carbocycles. The van der Waals surface area contributed by atoms with Gasteiger partial charge in [-0.1, -0.05) is 40.3 Å². The second-order valence-electron chi connectivity index (χ2n) is 9.97. The molecular formula is C27H33FN4O6S. The van der Waals surface area contributed by atoms with E-state index in [9.17, 15) is 26.7 Å². The lowest BCUT2D eigenvalue weighted by Gasteiger charge is -2.30. The Morgan fingerprint density at radius 1 is 1.08 bits per heavy atom. The van der Waals surface area contributed by atoms with Gasteiger partial charge in [0.15, 0.2) is 0 Å². The molecule has 12 heteroatoms. The van der Waals surface area contributed by atoms with Crippen molar-refractivity contribution < 1.29 is 30.9 Å². The SMILES string of the molecule is CN[C@@H](C)C(=O)N[C@@H](Cc1ccc(OS(=O)(=O)F)cc1)C(=O)N1CCC[C@H]1C(=O)NC1Cc2ccccc2C1. The zero-order valence-electron chi connectivity index (χ0n) is 21.9. The largest absolute Gasteiger partial charge is 0.488 e. The van der Waals surface area contributed by atoms with E-state index in [0.717, 1.165) is 12.8 Å². The molecule has 2 aromatic rings. The molecule has 1 saturated heterocycles. The molecule has 4 rings (SSSR count). The highest BCUT2D eigenvalue weighted by Crippen LogP contribution is 2.24. The Labute approximate surface area is 227 Å². The van der Waals surface area contributed by atoms with Crippen LogP contribution >= 0.6 is 0 Å². The Bertz CT molecular complexity index is 1290. The lowest BCUT2D eigenvalue weighted by Crippen LogP contribution is -2.56. The number of nitrogens with one attached hydrogen (secondary N) is 3. The van der Waals surface area contributed by atoms with Gasteiger partial charge in [0.2, 0.25) is 17.7 Å². The molecule has 2 aliphatic rings. The molecule has 3 amide bonds. The highest BCUT2D eigenvalue weighted by molar-refractivity contribution is 7.81. The molecule has 0 saturated carbocycles. The van der Waals surface area contributed by atoms with E-state index in [1.54, 1.807) is 14.0 Å². The Kier molecular flexibility index (Phi) is 8.86. The van der Waals surface area contributed by atoms with Gasteiger partial charge in [-0.25, -0.2) is 0 Å². The number of nitrogens with zero attached hydrogens (tertiary/aromatic N) is 1. The van der Waals surface area contributed by atoms with Crippen molar-refractivity contribution in [1.29, 1.82) is 0 Å². The predicted octanol–water partition coefficient (Wildman–Crippen LogP) is 1.19. The molecule has 1 fully saturated rings. The van der Waals surface area contributed by atoms with Gasteiger partial charge in [-0.05, 0) is 68.5 Å². The van der Waals surface area contributed by atoms with Gasteiger partial charge in [0.1, 0.15) is 17.8 Å². The third-order valence-corrected chi connectivity index (χ3v) is 7.63. The summed E-state index contributed by atoms with van der Waals surface area (Å²) in [6.45, 7) is 2.04. The van der Waals surface area contributed by atoms with Crippen molar-refractivity contribution in [3.8, 4) is 5.75 Å². The third-order valence-electron chi connectivity index (χ3n) is 7.24. The van der Waals surface area contributed by atoms with E-state index in [0.29, 0.717) is 24.9 Å². The monoisotopic (exact) mass is 560 g/mol. The second kappa shape index (κ2) is 12.1. The van der Waals surface area contributed by atoms with E-state index < -0.39 is 28.6 Å². The van der Waals surface area contributed by atoms with Gasteiger partial charge in [0.05, 0.1) is 6.04 Å². The molecule has 1 aliphatic heterocycles. The quantitative estimate of drug-likeness (QED) is 0.372. The van der Waals surface area contributed by atoms with E-state index >= 15 is 0 Å². The minimum absolute atomic E-state index is 0.0340. The van der Waals surface area contributed by atoms with Crippen LogP contribution in [0.2, 0.25) is 0 Å². The Morgan fingerprint density at radius 2 is 1.72 bits per heavy atom. The van der Waals surface area contributed by atoms with E-state index in [1.165, 1.54) is 40.3 Å². The molecule has 1 aliphatic carbocycles. The highest BCUT2D eigenvalue weighted by atomic mass is 32.3. The van der Waals surface area contributed by atoms with Crippen LogP contribution in [-0.2, 0) is 44.2 Å². The molecular weight excluding hydrogens is 527 g/mol. The molecule has 0 bridgehead atoms. The number of carbonyl (C=O) groups excluding carboxylic acids is 3. The summed E-state index contributed by atoms with van der Waals surface area (Å²) >= 11 is 0. The van der Waals surface area contributed by atoms with Gasteiger partial charge in [-0.15, -0.1) is 0 Å². The minimum Gasteiger partial charge on any atom is -0.358 e. The summed E-state index contributed by atoms with van der Waals surface area (Å²) in [6.07, 6.45) is 2.74. The van der Waals surface area contributed by atoms with Crippen LogP contribution < -0.4 is 20.1 Å². The van der Waals surface area contributed by atoms with Gasteiger partial charge in [-0.3, -0.25) is 14.4 Å². The predicted molar refractivity (Wildman–Crippen MR) is 142 cm³/mol. The van der Waals surface area contributed by atoms with Crippen LogP contribution in [0, 0.1) is 0 Å². The average molecular weight is 561 g/mol. The first-order valence-electron chi connectivity index (χ1n) is 12.9. The number of fused-ring (bicyclic) bond motifs is 1. The first-order chi connectivity index (χ1) is 18.5. The second-order valence-corrected chi connectivity index (χ2v) is 10.9. The zero-order valence-corrected chi connectivity index (χ0v) is 22.7. The molecule has 10 nitrogen and oxygen atoms in total. The normalized spacial score (nSPS) is 18.7. The lowest BCUT2D eigenvalue weighted by molar-refractivity contribution is -0.141. The Morgan fingerprint density at radius 3 is 2.31 bits per heavy atom. The summed E-state index contributed by atoms with van der Waals surface area (Å²) in [6, 6.07) is 11.3. The molecule has 0 aromatic heterocycles. The number of hydrogen-bond acceptors (Lipinski definition) is 7. The van der Waals surface area contributed by atoms with Crippen LogP contribution in [0.1, 0.15) is 36.5 Å². The summed E-state index contributed by atoms with van der Waals surface area (Å²) < 4.78 is 38.5. The number of hydrogen-bond donors (Lipinski definition) is 3. The maximum Gasteiger partial charge on any atom is 0.488 e. The number of benzene rings is 2. The standard InChI is InChI=1S/C27H33FN4O6S/c1-17(29-2)25(33)31-23(14-18-9-11-22(12-10-18)38-39(28,36)37)27(35)32-13-5-8-24(32)26(34)30-21-15-19-6-3-4-7-20(19)16-21/h3-4,6-7,9-12,17,21,23-24,29H,5,8,13-16H2,1-2H3,(H,30,34)(H,31,33)/t17-,23-,24-/m0/s1. The van der Waals surface area contributed by atoms with E-state index in [2.05, 4.69) is 32.3 Å². The minimum atomic E-state index is -5.17. The van der Waals surface area contributed by atoms with Crippen LogP contribution in [0.4, 0.5) is 3.89 Å².